The van der Waals surface area contributed by atoms with Gasteiger partial charge in [0.15, 0.2) is 0 Å². The van der Waals surface area contributed by atoms with E-state index in [1.54, 1.807) is 6.20 Å². The largest absolute Gasteiger partial charge is 0.477 e. The summed E-state index contributed by atoms with van der Waals surface area (Å²) in [5, 5.41) is 0.875. The number of carbonyl (C=O) groups is 1. The molecule has 4 heterocycles. The van der Waals surface area contributed by atoms with E-state index in [1.807, 2.05) is 55.1 Å². The molecule has 2 aliphatic heterocycles. The Labute approximate surface area is 236 Å². The lowest BCUT2D eigenvalue weighted by molar-refractivity contribution is -0.129. The van der Waals surface area contributed by atoms with Crippen molar-refractivity contribution in [3.05, 3.63) is 84.6 Å². The number of rotatable bonds is 7. The Morgan fingerprint density at radius 1 is 1.00 bits per heavy atom. The number of fused-ring (bicyclic) bond motifs is 1. The lowest BCUT2D eigenvalue weighted by Gasteiger charge is -2.28. The predicted molar refractivity (Wildman–Crippen MR) is 160 cm³/mol. The van der Waals surface area contributed by atoms with Crippen LogP contribution in [0.15, 0.2) is 79.0 Å². The molecule has 2 aromatic carbocycles. The average Bonchev–Trinajstić information content (AvgIpc) is 3.41. The van der Waals surface area contributed by atoms with Crippen molar-refractivity contribution in [2.75, 3.05) is 44.4 Å². The highest BCUT2D eigenvalue weighted by Crippen LogP contribution is 2.32. The van der Waals surface area contributed by atoms with Crippen molar-refractivity contribution < 1.29 is 14.3 Å². The number of carbonyl (C=O) groups excluding carboxylic acids is 1. The van der Waals surface area contributed by atoms with Crippen molar-refractivity contribution in [2.45, 2.75) is 33.2 Å². The highest BCUT2D eigenvalue weighted by molar-refractivity contribution is 5.87. The van der Waals surface area contributed by atoms with E-state index in [9.17, 15) is 4.79 Å². The van der Waals surface area contributed by atoms with Crippen molar-refractivity contribution in [3.8, 4) is 17.1 Å². The van der Waals surface area contributed by atoms with Crippen LogP contribution in [0.4, 0.5) is 5.69 Å². The topological polar surface area (TPSA) is 67.8 Å². The maximum absolute atomic E-state index is 12.8. The van der Waals surface area contributed by atoms with Crippen molar-refractivity contribution in [1.29, 1.82) is 0 Å². The molecule has 4 aromatic rings. The summed E-state index contributed by atoms with van der Waals surface area (Å²) in [6, 6.07) is 24.6. The normalized spacial score (nSPS) is 17.9. The second kappa shape index (κ2) is 12.9. The van der Waals surface area contributed by atoms with Gasteiger partial charge in [0.25, 0.3) is 0 Å². The minimum absolute atomic E-state index is 0.0422. The van der Waals surface area contributed by atoms with Crippen LogP contribution in [-0.4, -0.2) is 60.2 Å². The second-order valence-electron chi connectivity index (χ2n) is 10.0. The first-order valence-electron chi connectivity index (χ1n) is 14.3. The third-order valence-corrected chi connectivity index (χ3v) is 7.55. The molecule has 40 heavy (non-hydrogen) atoms. The van der Waals surface area contributed by atoms with Crippen LogP contribution in [0.5, 0.6) is 5.88 Å². The fourth-order valence-corrected chi connectivity index (χ4v) is 5.37. The van der Waals surface area contributed by atoms with Gasteiger partial charge in [0.2, 0.25) is 11.8 Å². The molecular formula is C33H38N4O3. The fraction of sp³-hybridized carbons (Fsp3) is 0.364. The molecule has 0 bridgehead atoms. The van der Waals surface area contributed by atoms with Crippen LogP contribution in [0.2, 0.25) is 0 Å². The van der Waals surface area contributed by atoms with E-state index >= 15 is 0 Å². The van der Waals surface area contributed by atoms with Gasteiger partial charge in [-0.25, -0.2) is 4.98 Å². The lowest BCUT2D eigenvalue weighted by Crippen LogP contribution is -2.36. The molecule has 2 atom stereocenters. The van der Waals surface area contributed by atoms with E-state index in [2.05, 4.69) is 53.2 Å². The van der Waals surface area contributed by atoms with Gasteiger partial charge in [0, 0.05) is 49.4 Å². The van der Waals surface area contributed by atoms with Crippen LogP contribution in [-0.2, 0) is 9.53 Å². The van der Waals surface area contributed by atoms with Crippen LogP contribution < -0.4 is 9.64 Å². The lowest BCUT2D eigenvalue weighted by atomic mass is 10.1. The first-order valence-corrected chi connectivity index (χ1v) is 14.3. The smallest absolute Gasteiger partial charge is 0.223 e. The third-order valence-electron chi connectivity index (χ3n) is 7.55. The molecule has 7 nitrogen and oxygen atoms in total. The Bertz CT molecular complexity index is 1400. The molecule has 7 heteroatoms. The summed E-state index contributed by atoms with van der Waals surface area (Å²) in [6.45, 7) is 10.5. The molecule has 2 aromatic heterocycles. The number of hydrogen-bond donors (Lipinski definition) is 0. The molecule has 208 valence electrons. The van der Waals surface area contributed by atoms with Crippen molar-refractivity contribution >= 4 is 22.5 Å². The fourth-order valence-electron chi connectivity index (χ4n) is 5.37. The van der Waals surface area contributed by atoms with E-state index in [-0.39, 0.29) is 17.9 Å². The van der Waals surface area contributed by atoms with Gasteiger partial charge in [0.05, 0.1) is 42.5 Å². The molecule has 2 unspecified atom stereocenters. The van der Waals surface area contributed by atoms with Crippen LogP contribution in [0.25, 0.3) is 22.2 Å². The number of amides is 1. The molecular weight excluding hydrogens is 500 g/mol. The van der Waals surface area contributed by atoms with E-state index in [0.29, 0.717) is 25.5 Å². The Morgan fingerprint density at radius 3 is 2.50 bits per heavy atom. The van der Waals surface area contributed by atoms with E-state index in [1.165, 1.54) is 5.69 Å². The Balaban J connectivity index is 0.00000158. The van der Waals surface area contributed by atoms with Crippen LogP contribution in [0.1, 0.15) is 38.8 Å². The summed E-state index contributed by atoms with van der Waals surface area (Å²) < 4.78 is 11.8. The van der Waals surface area contributed by atoms with Crippen molar-refractivity contribution in [1.82, 2.24) is 14.9 Å². The summed E-state index contributed by atoms with van der Waals surface area (Å²) in [7, 11) is 0. The first kappa shape index (κ1) is 27.6. The van der Waals surface area contributed by atoms with Gasteiger partial charge in [0.1, 0.15) is 0 Å². The number of morpholine rings is 1. The second-order valence-corrected chi connectivity index (χ2v) is 10.0. The number of aromatic nitrogens is 2. The first-order chi connectivity index (χ1) is 19.7. The Hall–Kier alpha value is -3.97. The summed E-state index contributed by atoms with van der Waals surface area (Å²) >= 11 is 0. The zero-order chi connectivity index (χ0) is 27.9. The number of hydrogen-bond acceptors (Lipinski definition) is 6. The zero-order valence-electron chi connectivity index (χ0n) is 23.6. The maximum Gasteiger partial charge on any atom is 0.223 e. The van der Waals surface area contributed by atoms with Gasteiger partial charge >= 0.3 is 0 Å². The SMILES string of the molecule is CC.CC(c1ccccc1)N1CC(COc2nc(-c3ccc(N4CCOCC4)cc3)cc3ncccc23)CC1=O. The number of nitrogens with zero attached hydrogens (tertiary/aromatic N) is 4. The monoisotopic (exact) mass is 538 g/mol. The van der Waals surface area contributed by atoms with Crippen LogP contribution in [0.3, 0.4) is 0 Å². The molecule has 2 fully saturated rings. The average molecular weight is 539 g/mol. The minimum Gasteiger partial charge on any atom is -0.477 e. The number of benzene rings is 2. The predicted octanol–water partition coefficient (Wildman–Crippen LogP) is 6.15. The maximum atomic E-state index is 12.8. The molecule has 0 radical (unpaired) electrons. The number of anilines is 1. The molecule has 0 N–H and O–H groups in total. The quantitative estimate of drug-likeness (QED) is 0.281. The molecule has 0 saturated carbocycles. The van der Waals surface area contributed by atoms with Crippen molar-refractivity contribution in [3.63, 3.8) is 0 Å². The number of pyridine rings is 2. The third kappa shape index (κ3) is 6.10. The van der Waals surface area contributed by atoms with E-state index in [4.69, 9.17) is 14.5 Å². The van der Waals surface area contributed by atoms with E-state index in [0.717, 1.165) is 54.0 Å². The van der Waals surface area contributed by atoms with Gasteiger partial charge in [-0.3, -0.25) is 9.78 Å². The number of likely N-dealkylation sites (tertiary alicyclic amines) is 1. The molecule has 2 saturated heterocycles. The Morgan fingerprint density at radius 2 is 1.75 bits per heavy atom. The van der Waals surface area contributed by atoms with Crippen LogP contribution >= 0.6 is 0 Å². The highest BCUT2D eigenvalue weighted by Gasteiger charge is 2.33. The van der Waals surface area contributed by atoms with E-state index < -0.39 is 0 Å². The number of ether oxygens (including phenoxy) is 2. The van der Waals surface area contributed by atoms with Crippen LogP contribution in [0, 0.1) is 5.92 Å². The highest BCUT2D eigenvalue weighted by atomic mass is 16.5. The molecule has 0 spiro atoms. The van der Waals surface area contributed by atoms with Gasteiger partial charge in [-0.2, -0.15) is 0 Å². The molecule has 6 rings (SSSR count). The van der Waals surface area contributed by atoms with Gasteiger partial charge < -0.3 is 19.3 Å². The Kier molecular flexibility index (Phi) is 8.91. The molecule has 2 aliphatic rings. The van der Waals surface area contributed by atoms with Gasteiger partial charge in [-0.1, -0.05) is 56.3 Å². The summed E-state index contributed by atoms with van der Waals surface area (Å²) in [5.41, 5.74) is 5.01. The molecule has 1 amide bonds. The molecule has 0 aliphatic carbocycles. The van der Waals surface area contributed by atoms with Gasteiger partial charge in [-0.15, -0.1) is 0 Å². The van der Waals surface area contributed by atoms with Crippen molar-refractivity contribution in [2.24, 2.45) is 5.92 Å². The standard InChI is InChI=1S/C31H32N4O3.C2H6/c1-22(24-6-3-2-4-7-24)35-20-23(18-30(35)36)21-38-31-27-8-5-13-32-29(27)19-28(33-31)25-9-11-26(12-10-25)34-14-16-37-17-15-34;1-2/h2-13,19,22-23H,14-18,20-21H2,1H3;1-2H3. The van der Waals surface area contributed by atoms with Gasteiger partial charge in [-0.05, 0) is 42.8 Å². The zero-order valence-corrected chi connectivity index (χ0v) is 23.6. The summed E-state index contributed by atoms with van der Waals surface area (Å²) in [5.74, 6) is 0.840. The summed E-state index contributed by atoms with van der Waals surface area (Å²) in [4.78, 5) is 26.6. The summed E-state index contributed by atoms with van der Waals surface area (Å²) in [6.07, 6.45) is 2.27. The minimum atomic E-state index is 0.0422.